The van der Waals surface area contributed by atoms with Crippen molar-refractivity contribution in [1.29, 1.82) is 0 Å². The maximum atomic E-state index is 12.2. The van der Waals surface area contributed by atoms with Crippen molar-refractivity contribution in [2.45, 2.75) is 37.8 Å². The third-order valence-electron chi connectivity index (χ3n) is 3.92. The largest absolute Gasteiger partial charge is 0.491 e. The maximum Gasteiger partial charge on any atom is 0.233 e. The number of aryl methyl sites for hydroxylation is 2. The molecule has 2 rings (SSSR count). The molecule has 0 saturated carbocycles. The maximum absolute atomic E-state index is 12.2. The summed E-state index contributed by atoms with van der Waals surface area (Å²) < 4.78 is 5.76. The summed E-state index contributed by atoms with van der Waals surface area (Å²) in [5.41, 5.74) is 3.58. The van der Waals surface area contributed by atoms with Gasteiger partial charge in [-0.15, -0.1) is 11.8 Å². The van der Waals surface area contributed by atoms with Crippen LogP contribution >= 0.6 is 11.8 Å². The predicted octanol–water partition coefficient (Wildman–Crippen LogP) is 4.29. The summed E-state index contributed by atoms with van der Waals surface area (Å²) in [5.74, 6) is 0.913. The number of ether oxygens (including phenoxy) is 1. The Balaban J connectivity index is 1.74. The number of nitrogens with one attached hydrogen (secondary N) is 1. The highest BCUT2D eigenvalue weighted by Gasteiger charge is 2.13. The van der Waals surface area contributed by atoms with E-state index in [1.807, 2.05) is 38.1 Å². The first kappa shape index (κ1) is 18.4. The SMILES string of the molecule is Cc1ccc(SC(C)C(=O)NCCOc2cccc(C)c2C)cc1. The molecule has 0 aromatic heterocycles. The standard InChI is InChI=1S/C20H25NO2S/c1-14-8-10-18(11-9-14)24-17(4)20(22)21-12-13-23-19-7-5-6-15(2)16(19)3/h5-11,17H,12-13H2,1-4H3,(H,21,22). The fraction of sp³-hybridized carbons (Fsp3) is 0.350. The molecule has 1 atom stereocenters. The van der Waals surface area contributed by atoms with Crippen LogP contribution in [0.4, 0.5) is 0 Å². The minimum Gasteiger partial charge on any atom is -0.491 e. The van der Waals surface area contributed by atoms with Gasteiger partial charge in [0.25, 0.3) is 0 Å². The molecule has 128 valence electrons. The Hall–Kier alpha value is -1.94. The van der Waals surface area contributed by atoms with Crippen molar-refractivity contribution in [3.05, 3.63) is 59.2 Å². The Morgan fingerprint density at radius 2 is 1.83 bits per heavy atom. The average Bonchev–Trinajstić information content (AvgIpc) is 2.57. The lowest BCUT2D eigenvalue weighted by molar-refractivity contribution is -0.120. The molecule has 0 radical (unpaired) electrons. The second-order valence-corrected chi connectivity index (χ2v) is 7.32. The van der Waals surface area contributed by atoms with E-state index in [-0.39, 0.29) is 11.2 Å². The summed E-state index contributed by atoms with van der Waals surface area (Å²) in [6.45, 7) is 9.06. The van der Waals surface area contributed by atoms with Crippen LogP contribution < -0.4 is 10.1 Å². The van der Waals surface area contributed by atoms with Crippen molar-refractivity contribution in [1.82, 2.24) is 5.32 Å². The van der Waals surface area contributed by atoms with Crippen LogP contribution in [-0.2, 0) is 4.79 Å². The number of hydrogen-bond acceptors (Lipinski definition) is 3. The zero-order chi connectivity index (χ0) is 17.5. The highest BCUT2D eigenvalue weighted by molar-refractivity contribution is 8.00. The molecule has 0 heterocycles. The molecule has 1 N–H and O–H groups in total. The van der Waals surface area contributed by atoms with Gasteiger partial charge >= 0.3 is 0 Å². The number of thioether (sulfide) groups is 1. The summed E-state index contributed by atoms with van der Waals surface area (Å²) >= 11 is 1.57. The summed E-state index contributed by atoms with van der Waals surface area (Å²) in [6, 6.07) is 14.2. The van der Waals surface area contributed by atoms with E-state index < -0.39 is 0 Å². The van der Waals surface area contributed by atoms with Crippen molar-refractivity contribution in [2.24, 2.45) is 0 Å². The van der Waals surface area contributed by atoms with Gasteiger partial charge < -0.3 is 10.1 Å². The first-order valence-corrected chi connectivity index (χ1v) is 9.05. The lowest BCUT2D eigenvalue weighted by atomic mass is 10.1. The summed E-state index contributed by atoms with van der Waals surface area (Å²) in [4.78, 5) is 13.3. The number of amides is 1. The van der Waals surface area contributed by atoms with Gasteiger partial charge in [0.1, 0.15) is 12.4 Å². The zero-order valence-electron chi connectivity index (χ0n) is 14.8. The first-order chi connectivity index (χ1) is 11.5. The monoisotopic (exact) mass is 343 g/mol. The molecular weight excluding hydrogens is 318 g/mol. The van der Waals surface area contributed by atoms with Crippen LogP contribution in [0.15, 0.2) is 47.4 Å². The van der Waals surface area contributed by atoms with Crippen LogP contribution in [0.1, 0.15) is 23.6 Å². The van der Waals surface area contributed by atoms with Crippen molar-refractivity contribution >= 4 is 17.7 Å². The summed E-state index contributed by atoms with van der Waals surface area (Å²) in [5, 5.41) is 2.80. The highest BCUT2D eigenvalue weighted by Crippen LogP contribution is 2.23. The molecule has 2 aromatic rings. The lowest BCUT2D eigenvalue weighted by Crippen LogP contribution is -2.34. The van der Waals surface area contributed by atoms with Gasteiger partial charge in [-0.3, -0.25) is 4.79 Å². The van der Waals surface area contributed by atoms with E-state index in [0.717, 1.165) is 16.2 Å². The molecule has 1 amide bonds. The molecule has 4 heteroatoms. The van der Waals surface area contributed by atoms with E-state index in [1.165, 1.54) is 11.1 Å². The predicted molar refractivity (Wildman–Crippen MR) is 101 cm³/mol. The number of carbonyl (C=O) groups excluding carboxylic acids is 1. The topological polar surface area (TPSA) is 38.3 Å². The van der Waals surface area contributed by atoms with Gasteiger partial charge in [-0.2, -0.15) is 0 Å². The Kier molecular flexibility index (Phi) is 6.73. The Morgan fingerprint density at radius 1 is 1.12 bits per heavy atom. The second-order valence-electron chi connectivity index (χ2n) is 5.91. The van der Waals surface area contributed by atoms with Gasteiger partial charge in [0.2, 0.25) is 5.91 Å². The zero-order valence-corrected chi connectivity index (χ0v) is 15.6. The average molecular weight is 343 g/mol. The van der Waals surface area contributed by atoms with E-state index in [9.17, 15) is 4.79 Å². The highest BCUT2D eigenvalue weighted by atomic mass is 32.2. The molecule has 0 aliphatic heterocycles. The molecule has 0 aliphatic rings. The molecule has 0 aliphatic carbocycles. The molecule has 24 heavy (non-hydrogen) atoms. The van der Waals surface area contributed by atoms with Gasteiger partial charge in [-0.1, -0.05) is 29.8 Å². The Morgan fingerprint density at radius 3 is 2.54 bits per heavy atom. The van der Waals surface area contributed by atoms with Crippen LogP contribution in [-0.4, -0.2) is 24.3 Å². The van der Waals surface area contributed by atoms with E-state index in [4.69, 9.17) is 4.74 Å². The van der Waals surface area contributed by atoms with Gasteiger partial charge in [0.15, 0.2) is 0 Å². The third kappa shape index (κ3) is 5.31. The van der Waals surface area contributed by atoms with Gasteiger partial charge in [0, 0.05) is 4.90 Å². The lowest BCUT2D eigenvalue weighted by Gasteiger charge is -2.14. The number of benzene rings is 2. The molecule has 2 aromatic carbocycles. The number of carbonyl (C=O) groups is 1. The number of rotatable bonds is 7. The van der Waals surface area contributed by atoms with E-state index in [0.29, 0.717) is 13.2 Å². The van der Waals surface area contributed by atoms with Crippen molar-refractivity contribution in [3.8, 4) is 5.75 Å². The molecule has 1 unspecified atom stereocenters. The van der Waals surface area contributed by atoms with Crippen LogP contribution in [0.2, 0.25) is 0 Å². The van der Waals surface area contributed by atoms with Crippen LogP contribution in [0.3, 0.4) is 0 Å². The Labute approximate surface area is 148 Å². The minimum absolute atomic E-state index is 0.0325. The smallest absolute Gasteiger partial charge is 0.233 e. The molecular formula is C20H25NO2S. The van der Waals surface area contributed by atoms with Crippen LogP contribution in [0.5, 0.6) is 5.75 Å². The molecule has 0 spiro atoms. The van der Waals surface area contributed by atoms with Crippen molar-refractivity contribution in [2.75, 3.05) is 13.2 Å². The fourth-order valence-corrected chi connectivity index (χ4v) is 3.13. The van der Waals surface area contributed by atoms with E-state index in [2.05, 4.69) is 37.4 Å². The van der Waals surface area contributed by atoms with Gasteiger partial charge in [-0.25, -0.2) is 0 Å². The summed E-state index contributed by atoms with van der Waals surface area (Å²) in [6.07, 6.45) is 0. The normalized spacial score (nSPS) is 11.8. The van der Waals surface area contributed by atoms with Gasteiger partial charge in [-0.05, 0) is 57.0 Å². The molecule has 0 bridgehead atoms. The summed E-state index contributed by atoms with van der Waals surface area (Å²) in [7, 11) is 0. The van der Waals surface area contributed by atoms with E-state index >= 15 is 0 Å². The number of hydrogen-bond donors (Lipinski definition) is 1. The van der Waals surface area contributed by atoms with Crippen molar-refractivity contribution < 1.29 is 9.53 Å². The van der Waals surface area contributed by atoms with E-state index in [1.54, 1.807) is 11.8 Å². The van der Waals surface area contributed by atoms with Crippen LogP contribution in [0, 0.1) is 20.8 Å². The third-order valence-corrected chi connectivity index (χ3v) is 5.03. The van der Waals surface area contributed by atoms with Crippen molar-refractivity contribution in [3.63, 3.8) is 0 Å². The second kappa shape index (κ2) is 8.78. The van der Waals surface area contributed by atoms with Gasteiger partial charge in [0.05, 0.1) is 11.8 Å². The molecule has 3 nitrogen and oxygen atoms in total. The first-order valence-electron chi connectivity index (χ1n) is 8.17. The molecule has 0 fully saturated rings. The quantitative estimate of drug-likeness (QED) is 0.602. The fourth-order valence-electron chi connectivity index (χ4n) is 2.23. The minimum atomic E-state index is -0.131. The molecule has 0 saturated heterocycles. The Bertz CT molecular complexity index is 683. The van der Waals surface area contributed by atoms with Crippen LogP contribution in [0.25, 0.3) is 0 Å².